The number of benzene rings is 1. The monoisotopic (exact) mass is 314 g/mol. The molecule has 0 radical (unpaired) electrons. The Kier molecular flexibility index (Phi) is 4.05. The summed E-state index contributed by atoms with van der Waals surface area (Å²) in [6.07, 6.45) is 3.22. The first-order valence-corrected chi connectivity index (χ1v) is 8.48. The van der Waals surface area contributed by atoms with Crippen LogP contribution in [0.2, 0.25) is 0 Å². The summed E-state index contributed by atoms with van der Waals surface area (Å²) in [6.45, 7) is 7.78. The van der Waals surface area contributed by atoms with Crippen LogP contribution >= 0.6 is 0 Å². The van der Waals surface area contributed by atoms with E-state index < -0.39 is 0 Å². The standard InChI is InChI=1S/C19H26N2O2/c1-18(2,3)16(22)13-4-6-14(7-5-13)21-17(23)15-12-19(15)8-10-20-11-9-19/h4-7,15,20H,8-12H2,1-3H3,(H,21,23). The van der Waals surface area contributed by atoms with Gasteiger partial charge in [-0.3, -0.25) is 9.59 Å². The van der Waals surface area contributed by atoms with Crippen LogP contribution in [0.25, 0.3) is 0 Å². The maximum atomic E-state index is 12.4. The molecule has 2 fully saturated rings. The number of carbonyl (C=O) groups is 2. The number of Topliss-reactive ketones (excluding diaryl/α,β-unsaturated/α-hetero) is 1. The predicted molar refractivity (Wildman–Crippen MR) is 91.5 cm³/mol. The van der Waals surface area contributed by atoms with Gasteiger partial charge < -0.3 is 10.6 Å². The summed E-state index contributed by atoms with van der Waals surface area (Å²) < 4.78 is 0. The molecule has 2 N–H and O–H groups in total. The molecule has 1 atom stereocenters. The topological polar surface area (TPSA) is 58.2 Å². The highest BCUT2D eigenvalue weighted by atomic mass is 16.2. The van der Waals surface area contributed by atoms with Crippen molar-refractivity contribution in [2.24, 2.45) is 16.7 Å². The number of piperidine rings is 1. The van der Waals surface area contributed by atoms with Crippen molar-refractivity contribution in [3.8, 4) is 0 Å². The zero-order chi connectivity index (χ0) is 16.7. The van der Waals surface area contributed by atoms with Gasteiger partial charge in [0, 0.05) is 22.6 Å². The Morgan fingerprint density at radius 3 is 2.30 bits per heavy atom. The van der Waals surface area contributed by atoms with Crippen LogP contribution in [-0.2, 0) is 4.79 Å². The normalized spacial score (nSPS) is 22.7. The fourth-order valence-electron chi connectivity index (χ4n) is 3.56. The molecule has 4 nitrogen and oxygen atoms in total. The van der Waals surface area contributed by atoms with E-state index >= 15 is 0 Å². The van der Waals surface area contributed by atoms with Crippen LogP contribution < -0.4 is 10.6 Å². The van der Waals surface area contributed by atoms with Gasteiger partial charge in [0.1, 0.15) is 0 Å². The highest BCUT2D eigenvalue weighted by Gasteiger charge is 2.57. The smallest absolute Gasteiger partial charge is 0.228 e. The number of carbonyl (C=O) groups excluding carboxylic acids is 2. The molecule has 1 unspecified atom stereocenters. The molecule has 1 aromatic carbocycles. The van der Waals surface area contributed by atoms with E-state index in [4.69, 9.17) is 0 Å². The summed E-state index contributed by atoms with van der Waals surface area (Å²) in [5.74, 6) is 0.397. The Hall–Kier alpha value is -1.68. The molecule has 1 heterocycles. The van der Waals surface area contributed by atoms with Gasteiger partial charge in [-0.25, -0.2) is 0 Å². The molecule has 23 heavy (non-hydrogen) atoms. The van der Waals surface area contributed by atoms with Crippen LogP contribution in [0.4, 0.5) is 5.69 Å². The number of rotatable bonds is 3. The fraction of sp³-hybridized carbons (Fsp3) is 0.579. The van der Waals surface area contributed by atoms with Crippen LogP contribution in [0.3, 0.4) is 0 Å². The Morgan fingerprint density at radius 2 is 1.74 bits per heavy atom. The lowest BCUT2D eigenvalue weighted by Gasteiger charge is -2.23. The molecular formula is C19H26N2O2. The van der Waals surface area contributed by atoms with Crippen LogP contribution in [0.15, 0.2) is 24.3 Å². The second-order valence-electron chi connectivity index (χ2n) is 8.01. The quantitative estimate of drug-likeness (QED) is 0.842. The van der Waals surface area contributed by atoms with E-state index in [1.54, 1.807) is 12.1 Å². The number of anilines is 1. The van der Waals surface area contributed by atoms with Gasteiger partial charge in [-0.15, -0.1) is 0 Å². The van der Waals surface area contributed by atoms with Crippen LogP contribution in [-0.4, -0.2) is 24.8 Å². The molecule has 0 aromatic heterocycles. The van der Waals surface area contributed by atoms with E-state index in [1.165, 1.54) is 0 Å². The van der Waals surface area contributed by atoms with Crippen LogP contribution in [0.5, 0.6) is 0 Å². The largest absolute Gasteiger partial charge is 0.326 e. The van der Waals surface area contributed by atoms with Gasteiger partial charge in [0.2, 0.25) is 5.91 Å². The lowest BCUT2D eigenvalue weighted by molar-refractivity contribution is -0.118. The SMILES string of the molecule is CC(C)(C)C(=O)c1ccc(NC(=O)C2CC23CCNCC3)cc1. The summed E-state index contributed by atoms with van der Waals surface area (Å²) in [4.78, 5) is 24.7. The van der Waals surface area contributed by atoms with Gasteiger partial charge in [-0.1, -0.05) is 20.8 Å². The number of amides is 1. The summed E-state index contributed by atoms with van der Waals surface area (Å²) in [6, 6.07) is 7.26. The first kappa shape index (κ1) is 16.2. The van der Waals surface area contributed by atoms with Crippen LogP contribution in [0.1, 0.15) is 50.4 Å². The Labute approximate surface area is 138 Å². The van der Waals surface area contributed by atoms with Crippen molar-refractivity contribution in [2.75, 3.05) is 18.4 Å². The van der Waals surface area contributed by atoms with Gasteiger partial charge in [0.05, 0.1) is 0 Å². The van der Waals surface area contributed by atoms with E-state index in [-0.39, 0.29) is 28.4 Å². The van der Waals surface area contributed by atoms with Crippen molar-refractivity contribution in [1.29, 1.82) is 0 Å². The lowest BCUT2D eigenvalue weighted by atomic mass is 9.86. The molecule has 1 spiro atoms. The molecule has 1 amide bonds. The van der Waals surface area contributed by atoms with Gasteiger partial charge in [0.25, 0.3) is 0 Å². The van der Waals surface area contributed by atoms with E-state index in [9.17, 15) is 9.59 Å². The van der Waals surface area contributed by atoms with Gasteiger partial charge in [-0.05, 0) is 62.0 Å². The maximum absolute atomic E-state index is 12.4. The van der Waals surface area contributed by atoms with Crippen molar-refractivity contribution in [2.45, 2.75) is 40.0 Å². The van der Waals surface area contributed by atoms with E-state index in [0.717, 1.165) is 38.0 Å². The molecule has 1 saturated heterocycles. The lowest BCUT2D eigenvalue weighted by Crippen LogP contribution is -2.31. The Balaban J connectivity index is 1.61. The number of nitrogens with one attached hydrogen (secondary N) is 2. The number of ketones is 1. The minimum Gasteiger partial charge on any atom is -0.326 e. The zero-order valence-corrected chi connectivity index (χ0v) is 14.2. The third kappa shape index (κ3) is 3.32. The van der Waals surface area contributed by atoms with Crippen molar-refractivity contribution in [1.82, 2.24) is 5.32 Å². The minimum absolute atomic E-state index is 0.117. The zero-order valence-electron chi connectivity index (χ0n) is 14.2. The average Bonchev–Trinajstić information content (AvgIpc) is 3.20. The second-order valence-corrected chi connectivity index (χ2v) is 8.01. The van der Waals surface area contributed by atoms with Gasteiger partial charge in [-0.2, -0.15) is 0 Å². The fourth-order valence-corrected chi connectivity index (χ4v) is 3.56. The molecule has 124 valence electrons. The molecule has 2 aliphatic rings. The van der Waals surface area contributed by atoms with Gasteiger partial charge >= 0.3 is 0 Å². The maximum Gasteiger partial charge on any atom is 0.228 e. The molecule has 3 rings (SSSR count). The summed E-state index contributed by atoms with van der Waals surface area (Å²) >= 11 is 0. The third-order valence-corrected chi connectivity index (χ3v) is 5.20. The molecule has 1 aromatic rings. The van der Waals surface area contributed by atoms with Crippen molar-refractivity contribution in [3.63, 3.8) is 0 Å². The minimum atomic E-state index is -0.389. The molecule has 1 aliphatic carbocycles. The highest BCUT2D eigenvalue weighted by Crippen LogP contribution is 2.58. The molecule has 1 aliphatic heterocycles. The molecule has 4 heteroatoms. The van der Waals surface area contributed by atoms with Crippen LogP contribution in [0, 0.1) is 16.7 Å². The number of hydrogen-bond acceptors (Lipinski definition) is 3. The second kappa shape index (κ2) is 5.75. The molecular weight excluding hydrogens is 288 g/mol. The average molecular weight is 314 g/mol. The first-order chi connectivity index (χ1) is 10.8. The van der Waals surface area contributed by atoms with Crippen molar-refractivity contribution >= 4 is 17.4 Å². The third-order valence-electron chi connectivity index (χ3n) is 5.20. The Morgan fingerprint density at radius 1 is 1.13 bits per heavy atom. The number of hydrogen-bond donors (Lipinski definition) is 2. The van der Waals surface area contributed by atoms with E-state index in [0.29, 0.717) is 5.56 Å². The first-order valence-electron chi connectivity index (χ1n) is 8.48. The van der Waals surface area contributed by atoms with Crippen molar-refractivity contribution in [3.05, 3.63) is 29.8 Å². The van der Waals surface area contributed by atoms with E-state index in [2.05, 4.69) is 10.6 Å². The summed E-state index contributed by atoms with van der Waals surface area (Å²) in [7, 11) is 0. The summed E-state index contributed by atoms with van der Waals surface area (Å²) in [5.41, 5.74) is 1.32. The molecule has 0 bridgehead atoms. The van der Waals surface area contributed by atoms with Gasteiger partial charge in [0.15, 0.2) is 5.78 Å². The highest BCUT2D eigenvalue weighted by molar-refractivity contribution is 6.00. The van der Waals surface area contributed by atoms with E-state index in [1.807, 2.05) is 32.9 Å². The predicted octanol–water partition coefficient (Wildman–Crippen LogP) is 3.24. The summed E-state index contributed by atoms with van der Waals surface area (Å²) in [5, 5.41) is 6.36. The van der Waals surface area contributed by atoms with Crippen molar-refractivity contribution < 1.29 is 9.59 Å². The Bertz CT molecular complexity index is 607. The molecule has 1 saturated carbocycles.